The highest BCUT2D eigenvalue weighted by Crippen LogP contribution is 1.99. The van der Waals surface area contributed by atoms with Crippen molar-refractivity contribution >= 4 is 5.91 Å². The molecule has 0 aromatic heterocycles. The van der Waals surface area contributed by atoms with Crippen molar-refractivity contribution in [1.29, 1.82) is 0 Å². The van der Waals surface area contributed by atoms with Crippen LogP contribution in [0.3, 0.4) is 0 Å². The monoisotopic (exact) mass is 202 g/mol. The molecule has 0 heterocycles. The summed E-state index contributed by atoms with van der Waals surface area (Å²) in [6.45, 7) is 3.95. The van der Waals surface area contributed by atoms with Gasteiger partial charge in [-0.15, -0.1) is 0 Å². The molecule has 0 rings (SSSR count). The SMILES string of the molecule is CCCCC(N)C(=O)N[C@@H](CC)CO. The van der Waals surface area contributed by atoms with Crippen LogP contribution in [0, 0.1) is 0 Å². The van der Waals surface area contributed by atoms with Crippen LogP contribution in [0.15, 0.2) is 0 Å². The van der Waals surface area contributed by atoms with Gasteiger partial charge >= 0.3 is 0 Å². The van der Waals surface area contributed by atoms with E-state index in [2.05, 4.69) is 12.2 Å². The van der Waals surface area contributed by atoms with E-state index in [-0.39, 0.29) is 18.6 Å². The molecule has 0 aliphatic rings. The molecule has 4 nitrogen and oxygen atoms in total. The van der Waals surface area contributed by atoms with Crippen molar-refractivity contribution in [2.45, 2.75) is 51.6 Å². The fourth-order valence-corrected chi connectivity index (χ4v) is 1.14. The Kier molecular flexibility index (Phi) is 7.42. The Hall–Kier alpha value is -0.610. The lowest BCUT2D eigenvalue weighted by atomic mass is 10.1. The summed E-state index contributed by atoms with van der Waals surface area (Å²) in [5.74, 6) is -0.153. The third-order valence-corrected chi connectivity index (χ3v) is 2.27. The van der Waals surface area contributed by atoms with E-state index < -0.39 is 6.04 Å². The maximum absolute atomic E-state index is 11.4. The normalized spacial score (nSPS) is 14.9. The van der Waals surface area contributed by atoms with E-state index in [1.807, 2.05) is 6.92 Å². The molecule has 0 aromatic rings. The van der Waals surface area contributed by atoms with E-state index in [4.69, 9.17) is 10.8 Å². The van der Waals surface area contributed by atoms with Gasteiger partial charge in [-0.3, -0.25) is 4.79 Å². The minimum Gasteiger partial charge on any atom is -0.394 e. The van der Waals surface area contributed by atoms with Crippen molar-refractivity contribution in [2.24, 2.45) is 5.73 Å². The number of rotatable bonds is 7. The fraction of sp³-hybridized carbons (Fsp3) is 0.900. The van der Waals surface area contributed by atoms with Crippen molar-refractivity contribution in [1.82, 2.24) is 5.32 Å². The molecule has 4 N–H and O–H groups in total. The Morgan fingerprint density at radius 1 is 1.50 bits per heavy atom. The molecule has 14 heavy (non-hydrogen) atoms. The highest BCUT2D eigenvalue weighted by molar-refractivity contribution is 5.81. The van der Waals surface area contributed by atoms with Gasteiger partial charge in [0.2, 0.25) is 5.91 Å². The van der Waals surface area contributed by atoms with E-state index in [9.17, 15) is 4.79 Å². The van der Waals surface area contributed by atoms with Crippen LogP contribution in [0.25, 0.3) is 0 Å². The first kappa shape index (κ1) is 13.4. The van der Waals surface area contributed by atoms with E-state index >= 15 is 0 Å². The van der Waals surface area contributed by atoms with Crippen LogP contribution in [0.1, 0.15) is 39.5 Å². The van der Waals surface area contributed by atoms with Gasteiger partial charge in [0, 0.05) is 0 Å². The van der Waals surface area contributed by atoms with Crippen LogP contribution in [0.4, 0.5) is 0 Å². The van der Waals surface area contributed by atoms with Gasteiger partial charge in [-0.25, -0.2) is 0 Å². The summed E-state index contributed by atoms with van der Waals surface area (Å²) in [5, 5.41) is 11.6. The van der Waals surface area contributed by atoms with E-state index in [0.717, 1.165) is 19.3 Å². The standard InChI is InChI=1S/C10H22N2O2/c1-3-5-6-9(11)10(14)12-8(4-2)7-13/h8-9,13H,3-7,11H2,1-2H3,(H,12,14)/t8-,9?/m0/s1. The van der Waals surface area contributed by atoms with Gasteiger partial charge in [0.25, 0.3) is 0 Å². The first-order valence-corrected chi connectivity index (χ1v) is 5.32. The second-order valence-electron chi connectivity index (χ2n) is 3.55. The smallest absolute Gasteiger partial charge is 0.237 e. The van der Waals surface area contributed by atoms with Crippen LogP contribution in [0.2, 0.25) is 0 Å². The number of nitrogens with one attached hydrogen (secondary N) is 1. The van der Waals surface area contributed by atoms with Gasteiger partial charge in [0.15, 0.2) is 0 Å². The zero-order valence-corrected chi connectivity index (χ0v) is 9.12. The fourth-order valence-electron chi connectivity index (χ4n) is 1.14. The number of nitrogens with two attached hydrogens (primary N) is 1. The van der Waals surface area contributed by atoms with Crippen molar-refractivity contribution in [3.63, 3.8) is 0 Å². The maximum Gasteiger partial charge on any atom is 0.237 e. The van der Waals surface area contributed by atoms with Gasteiger partial charge in [-0.2, -0.15) is 0 Å². The molecule has 0 radical (unpaired) electrons. The minimum absolute atomic E-state index is 0.0251. The zero-order chi connectivity index (χ0) is 11.0. The van der Waals surface area contributed by atoms with Crippen molar-refractivity contribution in [2.75, 3.05) is 6.61 Å². The number of amides is 1. The molecule has 4 heteroatoms. The number of aliphatic hydroxyl groups is 1. The third kappa shape index (κ3) is 5.19. The highest BCUT2D eigenvalue weighted by Gasteiger charge is 2.15. The topological polar surface area (TPSA) is 75.4 Å². The second-order valence-corrected chi connectivity index (χ2v) is 3.55. The van der Waals surface area contributed by atoms with Crippen molar-refractivity contribution in [3.8, 4) is 0 Å². The third-order valence-electron chi connectivity index (χ3n) is 2.27. The lowest BCUT2D eigenvalue weighted by Crippen LogP contribution is -2.46. The Balaban J connectivity index is 3.81. The largest absolute Gasteiger partial charge is 0.394 e. The molecule has 0 fully saturated rings. The van der Waals surface area contributed by atoms with Gasteiger partial charge in [-0.05, 0) is 12.8 Å². The first-order valence-electron chi connectivity index (χ1n) is 5.32. The molecule has 0 bridgehead atoms. The van der Waals surface area contributed by atoms with E-state index in [1.54, 1.807) is 0 Å². The summed E-state index contributed by atoms with van der Waals surface area (Å²) < 4.78 is 0. The average Bonchev–Trinajstić information content (AvgIpc) is 2.21. The Labute approximate surface area is 85.9 Å². The molecule has 1 amide bonds. The van der Waals surface area contributed by atoms with Gasteiger partial charge in [0.1, 0.15) is 0 Å². The molecule has 2 atom stereocenters. The molecule has 0 saturated heterocycles. The zero-order valence-electron chi connectivity index (χ0n) is 9.12. The van der Waals surface area contributed by atoms with Crippen LogP contribution >= 0.6 is 0 Å². The minimum atomic E-state index is -0.435. The number of carbonyl (C=O) groups is 1. The summed E-state index contributed by atoms with van der Waals surface area (Å²) in [5.41, 5.74) is 5.67. The highest BCUT2D eigenvalue weighted by atomic mass is 16.3. The number of carbonyl (C=O) groups excluding carboxylic acids is 1. The molecular formula is C10H22N2O2. The lowest BCUT2D eigenvalue weighted by molar-refractivity contribution is -0.123. The van der Waals surface area contributed by atoms with Gasteiger partial charge in [-0.1, -0.05) is 26.7 Å². The average molecular weight is 202 g/mol. The van der Waals surface area contributed by atoms with Crippen LogP contribution in [-0.4, -0.2) is 29.7 Å². The Morgan fingerprint density at radius 3 is 2.57 bits per heavy atom. The summed E-state index contributed by atoms with van der Waals surface area (Å²) in [6, 6.07) is -0.592. The molecule has 0 aliphatic heterocycles. The summed E-state index contributed by atoms with van der Waals surface area (Å²) in [7, 11) is 0. The van der Waals surface area contributed by atoms with Crippen molar-refractivity contribution < 1.29 is 9.90 Å². The molecule has 1 unspecified atom stereocenters. The van der Waals surface area contributed by atoms with Gasteiger partial charge < -0.3 is 16.2 Å². The van der Waals surface area contributed by atoms with Gasteiger partial charge in [0.05, 0.1) is 18.7 Å². The summed E-state index contributed by atoms with van der Waals surface area (Å²) in [4.78, 5) is 11.4. The molecular weight excluding hydrogens is 180 g/mol. The number of hydrogen-bond donors (Lipinski definition) is 3. The van der Waals surface area contributed by atoms with Crippen LogP contribution < -0.4 is 11.1 Å². The quantitative estimate of drug-likeness (QED) is 0.559. The maximum atomic E-state index is 11.4. The molecule has 0 aliphatic carbocycles. The molecule has 0 spiro atoms. The summed E-state index contributed by atoms with van der Waals surface area (Å²) in [6.07, 6.45) is 3.44. The summed E-state index contributed by atoms with van der Waals surface area (Å²) >= 11 is 0. The van der Waals surface area contributed by atoms with E-state index in [1.165, 1.54) is 0 Å². The van der Waals surface area contributed by atoms with Crippen LogP contribution in [-0.2, 0) is 4.79 Å². The van der Waals surface area contributed by atoms with Crippen molar-refractivity contribution in [3.05, 3.63) is 0 Å². The predicted octanol–water partition coefficient (Wildman–Crippen LogP) is 0.391. The number of aliphatic hydroxyl groups excluding tert-OH is 1. The predicted molar refractivity (Wildman–Crippen MR) is 56.8 cm³/mol. The Morgan fingerprint density at radius 2 is 2.14 bits per heavy atom. The molecule has 84 valence electrons. The lowest BCUT2D eigenvalue weighted by Gasteiger charge is -2.17. The second kappa shape index (κ2) is 7.76. The molecule has 0 saturated carbocycles. The van der Waals surface area contributed by atoms with Crippen LogP contribution in [0.5, 0.6) is 0 Å². The Bertz CT molecular complexity index is 158. The van der Waals surface area contributed by atoms with E-state index in [0.29, 0.717) is 6.42 Å². The first-order chi connectivity index (χ1) is 6.65. The molecule has 0 aromatic carbocycles. The number of unbranched alkanes of at least 4 members (excludes halogenated alkanes) is 1. The number of hydrogen-bond acceptors (Lipinski definition) is 3.